The van der Waals surface area contributed by atoms with E-state index in [0.29, 0.717) is 38.4 Å². The molecule has 0 bridgehead atoms. The minimum atomic E-state index is -0.866. The van der Waals surface area contributed by atoms with Crippen LogP contribution in [0.4, 0.5) is 0 Å². The van der Waals surface area contributed by atoms with Gasteiger partial charge in [0.15, 0.2) is 0 Å². The zero-order valence-corrected chi connectivity index (χ0v) is 24.5. The van der Waals surface area contributed by atoms with Crippen LogP contribution in [0, 0.1) is 16.2 Å². The molecule has 0 saturated heterocycles. The van der Waals surface area contributed by atoms with Crippen LogP contribution in [0.15, 0.2) is 12.2 Å². The van der Waals surface area contributed by atoms with Crippen molar-refractivity contribution in [3.8, 4) is 0 Å². The molecule has 0 amide bonds. The number of esters is 2. The van der Waals surface area contributed by atoms with Crippen LogP contribution in [-0.4, -0.2) is 78.0 Å². The van der Waals surface area contributed by atoms with Gasteiger partial charge in [-0.2, -0.15) is 0 Å². The van der Waals surface area contributed by atoms with E-state index in [4.69, 9.17) is 28.4 Å². The average molecular weight is 517 g/mol. The minimum Gasteiger partial charge on any atom is -0.463 e. The molecule has 0 fully saturated rings. The highest BCUT2D eigenvalue weighted by Gasteiger charge is 2.50. The summed E-state index contributed by atoms with van der Waals surface area (Å²) in [6.07, 6.45) is 1.60. The second kappa shape index (κ2) is 15.7. The Balaban J connectivity index is 5.09. The van der Waals surface area contributed by atoms with Gasteiger partial charge in [-0.05, 0) is 50.9 Å². The van der Waals surface area contributed by atoms with Crippen molar-refractivity contribution in [3.63, 3.8) is 0 Å². The third-order valence-electron chi connectivity index (χ3n) is 6.38. The molecular weight excluding hydrogens is 464 g/mol. The van der Waals surface area contributed by atoms with E-state index in [-0.39, 0.29) is 43.2 Å². The van der Waals surface area contributed by atoms with Crippen LogP contribution in [0.2, 0.25) is 0 Å². The fourth-order valence-electron chi connectivity index (χ4n) is 4.02. The van der Waals surface area contributed by atoms with Gasteiger partial charge in [0.05, 0.1) is 37.4 Å². The van der Waals surface area contributed by atoms with Gasteiger partial charge >= 0.3 is 11.9 Å². The van der Waals surface area contributed by atoms with Gasteiger partial charge in [0.1, 0.15) is 13.2 Å². The largest absolute Gasteiger partial charge is 0.463 e. The average Bonchev–Trinajstić information content (AvgIpc) is 2.75. The molecule has 1 atom stereocenters. The highest BCUT2D eigenvalue weighted by molar-refractivity contribution is 5.88. The van der Waals surface area contributed by atoms with E-state index in [0.717, 1.165) is 6.42 Å². The quantitative estimate of drug-likeness (QED) is 0.135. The van der Waals surface area contributed by atoms with Crippen LogP contribution >= 0.6 is 0 Å². The van der Waals surface area contributed by atoms with E-state index < -0.39 is 16.8 Å². The molecule has 0 aromatic carbocycles. The summed E-state index contributed by atoms with van der Waals surface area (Å²) < 4.78 is 32.3. The van der Waals surface area contributed by atoms with E-state index in [1.165, 1.54) is 0 Å². The van der Waals surface area contributed by atoms with Gasteiger partial charge in [0, 0.05) is 26.4 Å². The first-order valence-corrected chi connectivity index (χ1v) is 12.7. The standard InChI is InChI=1S/C28H52O8/c1-22(23(29)34-18-19-36-27(7,8)12-13-31-10)20-26(5,6)28(9,21-25(2,3)4)24(30)35-17-16-33-15-14-32-11/h1,12-21H2,2-11H3. The van der Waals surface area contributed by atoms with Gasteiger partial charge in [0.25, 0.3) is 0 Å². The normalized spacial score (nSPS) is 14.3. The zero-order chi connectivity index (χ0) is 28.0. The number of carbonyl (C=O) groups excluding carboxylic acids is 2. The Hall–Kier alpha value is -1.48. The molecule has 0 spiro atoms. The summed E-state index contributed by atoms with van der Waals surface area (Å²) in [4.78, 5) is 26.0. The first kappa shape index (κ1) is 34.5. The van der Waals surface area contributed by atoms with Crippen molar-refractivity contribution in [2.45, 2.75) is 80.3 Å². The topological polar surface area (TPSA) is 89.5 Å². The lowest BCUT2D eigenvalue weighted by Gasteiger charge is -2.45. The van der Waals surface area contributed by atoms with Crippen LogP contribution in [-0.2, 0) is 38.0 Å². The first-order chi connectivity index (χ1) is 16.5. The lowest BCUT2D eigenvalue weighted by atomic mass is 9.58. The lowest BCUT2D eigenvalue weighted by Crippen LogP contribution is -2.46. The zero-order valence-electron chi connectivity index (χ0n) is 24.5. The van der Waals surface area contributed by atoms with Crippen molar-refractivity contribution in [3.05, 3.63) is 12.2 Å². The molecule has 0 aliphatic carbocycles. The van der Waals surface area contributed by atoms with Crippen LogP contribution in [0.3, 0.4) is 0 Å². The molecule has 0 aliphatic heterocycles. The molecule has 0 radical (unpaired) electrons. The van der Waals surface area contributed by atoms with Crippen LogP contribution in [0.5, 0.6) is 0 Å². The molecule has 0 aromatic rings. The molecule has 0 aromatic heterocycles. The fraction of sp³-hybridized carbons (Fsp3) is 0.857. The van der Waals surface area contributed by atoms with Crippen molar-refractivity contribution < 1.29 is 38.0 Å². The molecule has 36 heavy (non-hydrogen) atoms. The van der Waals surface area contributed by atoms with Gasteiger partial charge in [-0.3, -0.25) is 4.79 Å². The Morgan fingerprint density at radius 1 is 0.722 bits per heavy atom. The summed E-state index contributed by atoms with van der Waals surface area (Å²) in [6.45, 7) is 22.4. The Morgan fingerprint density at radius 3 is 1.83 bits per heavy atom. The summed E-state index contributed by atoms with van der Waals surface area (Å²) in [5, 5.41) is 0. The second-order valence-electron chi connectivity index (χ2n) is 12.0. The third kappa shape index (κ3) is 13.2. The van der Waals surface area contributed by atoms with Crippen molar-refractivity contribution >= 4 is 11.9 Å². The number of carbonyl (C=O) groups is 2. The molecule has 8 heteroatoms. The summed E-state index contributed by atoms with van der Waals surface area (Å²) in [5.74, 6) is -0.801. The second-order valence-corrected chi connectivity index (χ2v) is 12.0. The maximum absolute atomic E-state index is 13.3. The minimum absolute atomic E-state index is 0.124. The Kier molecular flexibility index (Phi) is 15.1. The Bertz CT molecular complexity index is 678. The van der Waals surface area contributed by atoms with Gasteiger partial charge in [-0.25, -0.2) is 4.79 Å². The van der Waals surface area contributed by atoms with Crippen LogP contribution < -0.4 is 0 Å². The van der Waals surface area contributed by atoms with Gasteiger partial charge < -0.3 is 28.4 Å². The Labute approximate surface area is 219 Å². The van der Waals surface area contributed by atoms with E-state index in [1.54, 1.807) is 14.2 Å². The number of rotatable bonds is 19. The molecule has 0 N–H and O–H groups in total. The van der Waals surface area contributed by atoms with Crippen LogP contribution in [0.25, 0.3) is 0 Å². The van der Waals surface area contributed by atoms with Gasteiger partial charge in [-0.1, -0.05) is 41.2 Å². The maximum atomic E-state index is 13.3. The van der Waals surface area contributed by atoms with E-state index in [1.807, 2.05) is 34.6 Å². The predicted molar refractivity (Wildman–Crippen MR) is 141 cm³/mol. The molecule has 0 heterocycles. The predicted octanol–water partition coefficient (Wildman–Crippen LogP) is 4.98. The van der Waals surface area contributed by atoms with Gasteiger partial charge in [0.2, 0.25) is 0 Å². The monoisotopic (exact) mass is 516 g/mol. The van der Waals surface area contributed by atoms with Crippen molar-refractivity contribution in [1.82, 2.24) is 0 Å². The number of hydrogen-bond donors (Lipinski definition) is 0. The van der Waals surface area contributed by atoms with E-state index >= 15 is 0 Å². The van der Waals surface area contributed by atoms with E-state index in [2.05, 4.69) is 27.4 Å². The summed E-state index contributed by atoms with van der Waals surface area (Å²) in [7, 11) is 3.25. The number of ether oxygens (including phenoxy) is 6. The summed E-state index contributed by atoms with van der Waals surface area (Å²) in [5.41, 5.74) is -1.69. The smallest absolute Gasteiger partial charge is 0.333 e. The Morgan fingerprint density at radius 2 is 1.28 bits per heavy atom. The van der Waals surface area contributed by atoms with Crippen molar-refractivity contribution in [2.75, 3.05) is 60.5 Å². The molecule has 0 aliphatic rings. The van der Waals surface area contributed by atoms with Gasteiger partial charge in [-0.15, -0.1) is 0 Å². The molecule has 8 nitrogen and oxygen atoms in total. The van der Waals surface area contributed by atoms with Crippen molar-refractivity contribution in [1.29, 1.82) is 0 Å². The molecule has 212 valence electrons. The molecular formula is C28H52O8. The summed E-state index contributed by atoms with van der Waals surface area (Å²) in [6, 6.07) is 0. The highest BCUT2D eigenvalue weighted by atomic mass is 16.6. The maximum Gasteiger partial charge on any atom is 0.333 e. The fourth-order valence-corrected chi connectivity index (χ4v) is 4.02. The SMILES string of the molecule is C=C(CC(C)(C)C(C)(CC(C)(C)C)C(=O)OCCOCCOC)C(=O)OCCOC(C)(C)CCOC. The number of hydrogen-bond acceptors (Lipinski definition) is 8. The number of methoxy groups -OCH3 is 2. The molecule has 0 saturated carbocycles. The highest BCUT2D eigenvalue weighted by Crippen LogP contribution is 2.50. The van der Waals surface area contributed by atoms with E-state index in [9.17, 15) is 9.59 Å². The van der Waals surface area contributed by atoms with Crippen molar-refractivity contribution in [2.24, 2.45) is 16.2 Å². The third-order valence-corrected chi connectivity index (χ3v) is 6.38. The summed E-state index contributed by atoms with van der Waals surface area (Å²) >= 11 is 0. The first-order valence-electron chi connectivity index (χ1n) is 12.7. The molecule has 0 rings (SSSR count). The van der Waals surface area contributed by atoms with Crippen LogP contribution in [0.1, 0.15) is 74.7 Å². The lowest BCUT2D eigenvalue weighted by molar-refractivity contribution is -0.167. The molecule has 1 unspecified atom stereocenters.